The third-order valence-corrected chi connectivity index (χ3v) is 6.24. The van der Waals surface area contributed by atoms with Crippen molar-refractivity contribution in [1.29, 1.82) is 0 Å². The SMILES string of the molecule is CCC(CC)(CC(=O)O)NC(=O)c1ccc(OC)c(S(=O)(=O)N(C)C)c1. The zero-order valence-electron chi connectivity index (χ0n) is 15.7. The highest BCUT2D eigenvalue weighted by Gasteiger charge is 2.32. The van der Waals surface area contributed by atoms with Gasteiger partial charge in [-0.05, 0) is 31.0 Å². The summed E-state index contributed by atoms with van der Waals surface area (Å²) in [4.78, 5) is 23.7. The highest BCUT2D eigenvalue weighted by molar-refractivity contribution is 7.89. The van der Waals surface area contributed by atoms with E-state index in [-0.39, 0.29) is 22.6 Å². The Labute approximate surface area is 154 Å². The number of sulfonamides is 1. The Hall–Kier alpha value is -2.13. The van der Waals surface area contributed by atoms with Crippen molar-refractivity contribution in [3.05, 3.63) is 23.8 Å². The van der Waals surface area contributed by atoms with Crippen molar-refractivity contribution in [2.24, 2.45) is 0 Å². The Morgan fingerprint density at radius 2 is 1.81 bits per heavy atom. The summed E-state index contributed by atoms with van der Waals surface area (Å²) in [5.41, 5.74) is -0.786. The number of carboxylic acids is 1. The standard InChI is InChI=1S/C17H26N2O6S/c1-6-17(7-2,11-15(20)21)18-16(22)12-8-9-13(25-5)14(10-12)26(23,24)19(3)4/h8-10H,6-7,11H2,1-5H3,(H,18,22)(H,20,21). The van der Waals surface area contributed by atoms with Crippen molar-refractivity contribution in [3.8, 4) is 5.75 Å². The Balaban J connectivity index is 3.31. The largest absolute Gasteiger partial charge is 0.495 e. The van der Waals surface area contributed by atoms with Crippen molar-refractivity contribution in [2.45, 2.75) is 43.5 Å². The molecule has 0 unspecified atom stereocenters. The average molecular weight is 386 g/mol. The number of carbonyl (C=O) groups is 2. The summed E-state index contributed by atoms with van der Waals surface area (Å²) in [7, 11) is 0.293. The van der Waals surface area contributed by atoms with E-state index in [0.717, 1.165) is 4.31 Å². The van der Waals surface area contributed by atoms with Gasteiger partial charge in [-0.2, -0.15) is 0 Å². The molecule has 0 spiro atoms. The quantitative estimate of drug-likeness (QED) is 0.668. The molecule has 0 aliphatic carbocycles. The normalized spacial score (nSPS) is 12.1. The topological polar surface area (TPSA) is 113 Å². The molecule has 0 atom stereocenters. The number of nitrogens with zero attached hydrogens (tertiary/aromatic N) is 1. The highest BCUT2D eigenvalue weighted by Crippen LogP contribution is 2.28. The molecule has 0 radical (unpaired) electrons. The van der Waals surface area contributed by atoms with Crippen LogP contribution in [0.3, 0.4) is 0 Å². The van der Waals surface area contributed by atoms with E-state index in [1.807, 2.05) is 0 Å². The number of carboxylic acid groups (broad SMARTS) is 1. The van der Waals surface area contributed by atoms with Gasteiger partial charge >= 0.3 is 5.97 Å². The molecule has 1 aromatic rings. The first-order valence-electron chi connectivity index (χ1n) is 8.18. The van der Waals surface area contributed by atoms with Crippen molar-refractivity contribution in [2.75, 3.05) is 21.2 Å². The van der Waals surface area contributed by atoms with Crippen LogP contribution >= 0.6 is 0 Å². The second-order valence-corrected chi connectivity index (χ2v) is 8.29. The van der Waals surface area contributed by atoms with Crippen LogP contribution in [0.2, 0.25) is 0 Å². The lowest BCUT2D eigenvalue weighted by atomic mass is 9.88. The van der Waals surface area contributed by atoms with E-state index in [0.29, 0.717) is 12.8 Å². The molecule has 0 saturated heterocycles. The number of rotatable bonds is 9. The molecule has 1 aromatic carbocycles. The van der Waals surface area contributed by atoms with Crippen LogP contribution in [-0.2, 0) is 14.8 Å². The van der Waals surface area contributed by atoms with Gasteiger partial charge in [0.25, 0.3) is 5.91 Å². The predicted molar refractivity (Wildman–Crippen MR) is 96.9 cm³/mol. The van der Waals surface area contributed by atoms with Crippen LogP contribution in [0.25, 0.3) is 0 Å². The molecule has 2 N–H and O–H groups in total. The summed E-state index contributed by atoms with van der Waals surface area (Å²) in [5, 5.41) is 11.9. The zero-order valence-corrected chi connectivity index (χ0v) is 16.5. The highest BCUT2D eigenvalue weighted by atomic mass is 32.2. The van der Waals surface area contributed by atoms with Crippen LogP contribution in [0.4, 0.5) is 0 Å². The van der Waals surface area contributed by atoms with E-state index in [4.69, 9.17) is 9.84 Å². The van der Waals surface area contributed by atoms with Crippen molar-refractivity contribution in [3.63, 3.8) is 0 Å². The van der Waals surface area contributed by atoms with E-state index in [1.54, 1.807) is 13.8 Å². The molecular formula is C17H26N2O6S. The maximum Gasteiger partial charge on any atom is 0.305 e. The fourth-order valence-corrected chi connectivity index (χ4v) is 3.61. The van der Waals surface area contributed by atoms with E-state index in [1.165, 1.54) is 39.4 Å². The average Bonchev–Trinajstić information content (AvgIpc) is 2.59. The van der Waals surface area contributed by atoms with Gasteiger partial charge in [-0.3, -0.25) is 9.59 Å². The number of carbonyl (C=O) groups excluding carboxylic acids is 1. The fraction of sp³-hybridized carbons (Fsp3) is 0.529. The number of methoxy groups -OCH3 is 1. The van der Waals surface area contributed by atoms with Crippen LogP contribution in [0, 0.1) is 0 Å². The van der Waals surface area contributed by atoms with Gasteiger partial charge in [0.2, 0.25) is 10.0 Å². The molecule has 1 rings (SSSR count). The molecule has 8 nitrogen and oxygen atoms in total. The number of hydrogen-bond acceptors (Lipinski definition) is 5. The zero-order chi connectivity index (χ0) is 20.1. The van der Waals surface area contributed by atoms with Gasteiger partial charge in [0, 0.05) is 19.7 Å². The van der Waals surface area contributed by atoms with Gasteiger partial charge in [-0.1, -0.05) is 13.8 Å². The lowest BCUT2D eigenvalue weighted by Gasteiger charge is -2.31. The van der Waals surface area contributed by atoms with E-state index < -0.39 is 27.4 Å². The van der Waals surface area contributed by atoms with E-state index in [9.17, 15) is 18.0 Å². The minimum Gasteiger partial charge on any atom is -0.495 e. The molecule has 0 saturated carbocycles. The minimum absolute atomic E-state index is 0.114. The lowest BCUT2D eigenvalue weighted by molar-refractivity contribution is -0.138. The molecule has 0 aliphatic heterocycles. The summed E-state index contributed by atoms with van der Waals surface area (Å²) >= 11 is 0. The fourth-order valence-electron chi connectivity index (χ4n) is 2.54. The van der Waals surface area contributed by atoms with Gasteiger partial charge in [0.15, 0.2) is 0 Å². The molecule has 26 heavy (non-hydrogen) atoms. The minimum atomic E-state index is -3.82. The summed E-state index contributed by atoms with van der Waals surface area (Å²) in [6.07, 6.45) is 0.645. The van der Waals surface area contributed by atoms with Crippen LogP contribution in [0.5, 0.6) is 5.75 Å². The maximum absolute atomic E-state index is 12.7. The van der Waals surface area contributed by atoms with Crippen LogP contribution in [0.15, 0.2) is 23.1 Å². The summed E-state index contributed by atoms with van der Waals surface area (Å²) in [6.45, 7) is 3.59. The number of nitrogens with one attached hydrogen (secondary N) is 1. The number of benzene rings is 1. The first kappa shape index (κ1) is 21.9. The summed E-state index contributed by atoms with van der Waals surface area (Å²) < 4.78 is 31.1. The Morgan fingerprint density at radius 1 is 1.23 bits per heavy atom. The van der Waals surface area contributed by atoms with Crippen LogP contribution < -0.4 is 10.1 Å². The first-order valence-corrected chi connectivity index (χ1v) is 9.62. The number of amides is 1. The Morgan fingerprint density at radius 3 is 2.23 bits per heavy atom. The molecule has 9 heteroatoms. The maximum atomic E-state index is 12.7. The first-order chi connectivity index (χ1) is 12.0. The van der Waals surface area contributed by atoms with Gasteiger partial charge in [0.05, 0.1) is 19.1 Å². The molecule has 0 fully saturated rings. The molecular weight excluding hydrogens is 360 g/mol. The number of hydrogen-bond donors (Lipinski definition) is 2. The Bertz CT molecular complexity index is 769. The molecule has 0 aliphatic rings. The smallest absolute Gasteiger partial charge is 0.305 e. The second-order valence-electron chi connectivity index (χ2n) is 6.17. The van der Waals surface area contributed by atoms with Gasteiger partial charge in [-0.15, -0.1) is 0 Å². The third kappa shape index (κ3) is 4.73. The van der Waals surface area contributed by atoms with Crippen LogP contribution in [0.1, 0.15) is 43.5 Å². The second kappa shape index (κ2) is 8.50. The molecule has 1 amide bonds. The van der Waals surface area contributed by atoms with Crippen molar-refractivity contribution < 1.29 is 27.9 Å². The van der Waals surface area contributed by atoms with Crippen molar-refractivity contribution >= 4 is 21.9 Å². The predicted octanol–water partition coefficient (Wildman–Crippen LogP) is 1.71. The Kier molecular flexibility index (Phi) is 7.16. The summed E-state index contributed by atoms with van der Waals surface area (Å²) in [6, 6.07) is 4.09. The van der Waals surface area contributed by atoms with Gasteiger partial charge in [-0.25, -0.2) is 12.7 Å². The molecule has 0 aromatic heterocycles. The van der Waals surface area contributed by atoms with Gasteiger partial charge < -0.3 is 15.2 Å². The summed E-state index contributed by atoms with van der Waals surface area (Å²) in [5.74, 6) is -1.43. The third-order valence-electron chi connectivity index (χ3n) is 4.41. The molecule has 0 heterocycles. The van der Waals surface area contributed by atoms with E-state index in [2.05, 4.69) is 5.32 Å². The van der Waals surface area contributed by atoms with Crippen LogP contribution in [-0.4, -0.2) is 56.5 Å². The van der Waals surface area contributed by atoms with Gasteiger partial charge in [0.1, 0.15) is 10.6 Å². The monoisotopic (exact) mass is 386 g/mol. The lowest BCUT2D eigenvalue weighted by Crippen LogP contribution is -2.49. The molecule has 0 bridgehead atoms. The number of aliphatic carboxylic acids is 1. The molecule has 146 valence electrons. The van der Waals surface area contributed by atoms with E-state index >= 15 is 0 Å². The van der Waals surface area contributed by atoms with Crippen molar-refractivity contribution in [1.82, 2.24) is 9.62 Å². The number of ether oxygens (including phenoxy) is 1.